The minimum Gasteiger partial charge on any atom is -0.465 e. The molecule has 0 aliphatic rings. The van der Waals surface area contributed by atoms with Gasteiger partial charge in [0.1, 0.15) is 17.6 Å². The zero-order valence-corrected chi connectivity index (χ0v) is 15.0. The monoisotopic (exact) mass is 371 g/mol. The van der Waals surface area contributed by atoms with E-state index in [0.29, 0.717) is 28.0 Å². The first-order valence-corrected chi connectivity index (χ1v) is 8.08. The molecule has 0 saturated carbocycles. The molecule has 9 nitrogen and oxygen atoms in total. The van der Waals surface area contributed by atoms with E-state index in [9.17, 15) is 9.59 Å². The van der Waals surface area contributed by atoms with E-state index in [2.05, 4.69) is 15.3 Å². The van der Waals surface area contributed by atoms with Gasteiger partial charge in [-0.2, -0.15) is 0 Å². The van der Waals surface area contributed by atoms with Gasteiger partial charge in [-0.1, -0.05) is 12.1 Å². The number of nitrogens with zero attached hydrogens (tertiary/aromatic N) is 3. The van der Waals surface area contributed by atoms with Crippen LogP contribution in [-0.4, -0.2) is 52.7 Å². The maximum atomic E-state index is 12.7. The number of fused-ring (bicyclic) bond motifs is 1. The first kappa shape index (κ1) is 18.5. The summed E-state index contributed by atoms with van der Waals surface area (Å²) in [5.41, 5.74) is 2.54. The average Bonchev–Trinajstić information content (AvgIpc) is 3.13. The number of methoxy groups -OCH3 is 1. The van der Waals surface area contributed by atoms with Crippen LogP contribution in [0.4, 0.5) is 0 Å². The van der Waals surface area contributed by atoms with Gasteiger partial charge >= 0.3 is 11.9 Å². The fourth-order valence-electron chi connectivity index (χ4n) is 2.94. The third-order valence-electron chi connectivity index (χ3n) is 4.03. The second-order valence-electron chi connectivity index (χ2n) is 5.70. The third kappa shape index (κ3) is 3.24. The Morgan fingerprint density at radius 3 is 2.48 bits per heavy atom. The molecule has 27 heavy (non-hydrogen) atoms. The van der Waals surface area contributed by atoms with Gasteiger partial charge < -0.3 is 14.6 Å². The van der Waals surface area contributed by atoms with Gasteiger partial charge in [-0.25, -0.2) is 14.2 Å². The molecule has 2 aromatic heterocycles. The number of hydrogen-bond donors (Lipinski definition) is 1. The van der Waals surface area contributed by atoms with Crippen molar-refractivity contribution in [3.63, 3.8) is 0 Å². The highest BCUT2D eigenvalue weighted by molar-refractivity contribution is 6.10. The van der Waals surface area contributed by atoms with Crippen molar-refractivity contribution in [1.29, 1.82) is 0 Å². The lowest BCUT2D eigenvalue weighted by molar-refractivity contribution is 0.0433. The van der Waals surface area contributed by atoms with Crippen molar-refractivity contribution >= 4 is 23.0 Å². The molecule has 0 aliphatic carbocycles. The van der Waals surface area contributed by atoms with E-state index in [1.165, 1.54) is 7.11 Å². The average molecular weight is 371 g/mol. The van der Waals surface area contributed by atoms with Gasteiger partial charge in [0, 0.05) is 11.1 Å². The first-order chi connectivity index (χ1) is 13.0. The topological polar surface area (TPSA) is 125 Å². The number of carbonyl (C=O) groups excluding carboxylic acids is 2. The first-order valence-electron chi connectivity index (χ1n) is 8.08. The van der Waals surface area contributed by atoms with E-state index in [4.69, 9.17) is 19.2 Å². The molecule has 0 saturated heterocycles. The van der Waals surface area contributed by atoms with Gasteiger partial charge in [0.25, 0.3) is 0 Å². The van der Waals surface area contributed by atoms with Crippen LogP contribution < -0.4 is 0 Å². The summed E-state index contributed by atoms with van der Waals surface area (Å²) in [6, 6.07) is 5.09. The van der Waals surface area contributed by atoms with Crippen LogP contribution in [0.1, 0.15) is 32.1 Å². The molecule has 0 amide bonds. The maximum Gasteiger partial charge on any atom is 0.340 e. The van der Waals surface area contributed by atoms with Crippen LogP contribution in [0.3, 0.4) is 0 Å². The van der Waals surface area contributed by atoms with Crippen molar-refractivity contribution < 1.29 is 28.8 Å². The minimum atomic E-state index is -0.720. The molecule has 0 fully saturated rings. The highest BCUT2D eigenvalue weighted by Gasteiger charge is 2.29. The summed E-state index contributed by atoms with van der Waals surface area (Å²) in [5, 5.41) is 16.7. The molecule has 3 rings (SSSR count). The van der Waals surface area contributed by atoms with Crippen LogP contribution in [0.15, 0.2) is 22.8 Å². The van der Waals surface area contributed by atoms with Gasteiger partial charge in [0.15, 0.2) is 0 Å². The Morgan fingerprint density at radius 1 is 1.11 bits per heavy atom. The number of pyridine rings is 1. The Labute approximate surface area is 153 Å². The molecular formula is C18H17N3O6. The number of aliphatic hydroxyl groups is 1. The Morgan fingerprint density at radius 2 is 1.81 bits per heavy atom. The fourth-order valence-corrected chi connectivity index (χ4v) is 2.94. The molecule has 9 heteroatoms. The molecule has 3 aromatic rings. The molecule has 1 aromatic carbocycles. The van der Waals surface area contributed by atoms with E-state index < -0.39 is 11.9 Å². The SMILES string of the molecule is COC(=O)c1c(C)nc(C)c(C(=O)OCCO)c1-c1cccc2nonc12. The molecule has 0 bridgehead atoms. The summed E-state index contributed by atoms with van der Waals surface area (Å²) in [6.45, 7) is 2.77. The van der Waals surface area contributed by atoms with Gasteiger partial charge in [0.05, 0.1) is 36.2 Å². The second-order valence-corrected chi connectivity index (χ2v) is 5.70. The summed E-state index contributed by atoms with van der Waals surface area (Å²) >= 11 is 0. The Balaban J connectivity index is 2.39. The molecule has 0 unspecified atom stereocenters. The summed E-state index contributed by atoms with van der Waals surface area (Å²) in [6.07, 6.45) is 0. The van der Waals surface area contributed by atoms with Crippen molar-refractivity contribution in [2.45, 2.75) is 13.8 Å². The lowest BCUT2D eigenvalue weighted by Gasteiger charge is -2.17. The predicted octanol–water partition coefficient (Wildman–Crippen LogP) is 1.84. The van der Waals surface area contributed by atoms with E-state index in [-0.39, 0.29) is 29.9 Å². The third-order valence-corrected chi connectivity index (χ3v) is 4.03. The highest BCUT2D eigenvalue weighted by Crippen LogP contribution is 2.35. The second kappa shape index (κ2) is 7.50. The van der Waals surface area contributed by atoms with Crippen molar-refractivity contribution in [3.8, 4) is 11.1 Å². The molecule has 0 spiro atoms. The normalized spacial score (nSPS) is 10.8. The highest BCUT2D eigenvalue weighted by atomic mass is 16.6. The number of aryl methyl sites for hydroxylation is 2. The van der Waals surface area contributed by atoms with E-state index >= 15 is 0 Å². The summed E-state index contributed by atoms with van der Waals surface area (Å²) in [4.78, 5) is 29.5. The molecule has 1 N–H and O–H groups in total. The van der Waals surface area contributed by atoms with Crippen LogP contribution in [0.2, 0.25) is 0 Å². The van der Waals surface area contributed by atoms with Crippen molar-refractivity contribution in [1.82, 2.24) is 15.3 Å². The minimum absolute atomic E-state index is 0.0879. The summed E-state index contributed by atoms with van der Waals surface area (Å²) < 4.78 is 14.8. The molecule has 0 aliphatic heterocycles. The lowest BCUT2D eigenvalue weighted by atomic mass is 9.91. The van der Waals surface area contributed by atoms with Crippen molar-refractivity contribution in [3.05, 3.63) is 40.7 Å². The van der Waals surface area contributed by atoms with E-state index in [1.807, 2.05) is 0 Å². The number of esters is 2. The largest absolute Gasteiger partial charge is 0.465 e. The lowest BCUT2D eigenvalue weighted by Crippen LogP contribution is -2.18. The van der Waals surface area contributed by atoms with Gasteiger partial charge in [-0.3, -0.25) is 4.98 Å². The number of carbonyl (C=O) groups is 2. The van der Waals surface area contributed by atoms with Crippen LogP contribution in [0.5, 0.6) is 0 Å². The van der Waals surface area contributed by atoms with Crippen molar-refractivity contribution in [2.75, 3.05) is 20.3 Å². The summed E-state index contributed by atoms with van der Waals surface area (Å²) in [5.74, 6) is -1.37. The smallest absolute Gasteiger partial charge is 0.340 e. The van der Waals surface area contributed by atoms with Crippen LogP contribution in [0.25, 0.3) is 22.2 Å². The van der Waals surface area contributed by atoms with E-state index in [0.717, 1.165) is 0 Å². The number of benzene rings is 1. The van der Waals surface area contributed by atoms with Crippen molar-refractivity contribution in [2.24, 2.45) is 0 Å². The Bertz CT molecular complexity index is 1030. The quantitative estimate of drug-likeness (QED) is 0.669. The molecule has 0 atom stereocenters. The molecule has 140 valence electrons. The number of hydrogen-bond acceptors (Lipinski definition) is 9. The number of ether oxygens (including phenoxy) is 2. The molecule has 2 heterocycles. The van der Waals surface area contributed by atoms with Crippen LogP contribution in [-0.2, 0) is 9.47 Å². The zero-order chi connectivity index (χ0) is 19.6. The Kier molecular flexibility index (Phi) is 5.13. The number of aromatic nitrogens is 3. The fraction of sp³-hybridized carbons (Fsp3) is 0.278. The van der Waals surface area contributed by atoms with Gasteiger partial charge in [-0.15, -0.1) is 0 Å². The van der Waals surface area contributed by atoms with Crippen LogP contribution >= 0.6 is 0 Å². The number of rotatable bonds is 5. The predicted molar refractivity (Wildman–Crippen MR) is 93.2 cm³/mol. The van der Waals surface area contributed by atoms with Crippen LogP contribution in [0, 0.1) is 13.8 Å². The number of aliphatic hydroxyl groups excluding tert-OH is 1. The zero-order valence-electron chi connectivity index (χ0n) is 15.0. The Hall–Kier alpha value is -3.33. The van der Waals surface area contributed by atoms with Gasteiger partial charge in [0.2, 0.25) is 0 Å². The summed E-state index contributed by atoms with van der Waals surface area (Å²) in [7, 11) is 1.24. The van der Waals surface area contributed by atoms with E-state index in [1.54, 1.807) is 32.0 Å². The standard InChI is InChI=1S/C18H17N3O6/c1-9-13(17(23)25-3)15(11-5-4-6-12-16(11)21-27-20-12)14(10(2)19-9)18(24)26-8-7-22/h4-6,22H,7-8H2,1-3H3. The van der Waals surface area contributed by atoms with Gasteiger partial charge in [-0.05, 0) is 30.2 Å². The maximum absolute atomic E-state index is 12.7. The molecular weight excluding hydrogens is 354 g/mol. The molecule has 0 radical (unpaired) electrons.